The molecule has 3 aliphatic carbocycles. The molecule has 3 fully saturated rings. The Kier molecular flexibility index (Phi) is 3.52. The van der Waals surface area contributed by atoms with Gasteiger partial charge in [-0.25, -0.2) is 4.39 Å². The Morgan fingerprint density at radius 2 is 2.08 bits per heavy atom. The van der Waals surface area contributed by atoms with E-state index in [1.165, 1.54) is 19.3 Å². The van der Waals surface area contributed by atoms with Crippen LogP contribution in [0.25, 0.3) is 0 Å². The molecule has 3 saturated carbocycles. The molecule has 1 aromatic heterocycles. The lowest BCUT2D eigenvalue weighted by atomic mass is 9.75. The molecule has 2 amide bonds. The lowest BCUT2D eigenvalue weighted by Crippen LogP contribution is -2.39. The Balaban J connectivity index is 1.37. The van der Waals surface area contributed by atoms with Crippen LogP contribution in [0.15, 0.2) is 0 Å². The maximum Gasteiger partial charge on any atom is 0.279 e. The molecule has 4 N–H and O–H groups in total. The monoisotopic (exact) mass is 353 g/mol. The average Bonchev–Trinajstić information content (AvgIpc) is 3.34. The summed E-state index contributed by atoms with van der Waals surface area (Å²) in [6.07, 6.45) is 3.99. The Bertz CT molecular complexity index is 691. The number of nitrogens with two attached hydrogens (primary N) is 1. The number of nitrogens with one attached hydrogen (secondary N) is 2. The summed E-state index contributed by atoms with van der Waals surface area (Å²) in [5, 5.41) is 14.6. The van der Waals surface area contributed by atoms with Gasteiger partial charge in [0.05, 0.1) is 5.92 Å². The van der Waals surface area contributed by atoms with Crippen molar-refractivity contribution >= 4 is 28.3 Å². The van der Waals surface area contributed by atoms with Gasteiger partial charge in [0.25, 0.3) is 5.91 Å². The fourth-order valence-electron chi connectivity index (χ4n) is 3.94. The number of hydrogen-bond donors (Lipinski definition) is 3. The molecule has 0 saturated heterocycles. The number of alkyl halides is 1. The van der Waals surface area contributed by atoms with Crippen molar-refractivity contribution in [2.45, 2.75) is 38.3 Å². The highest BCUT2D eigenvalue weighted by Gasteiger charge is 2.69. The van der Waals surface area contributed by atoms with Gasteiger partial charge in [0.15, 0.2) is 0 Å². The van der Waals surface area contributed by atoms with Crippen molar-refractivity contribution < 1.29 is 14.0 Å². The van der Waals surface area contributed by atoms with Crippen LogP contribution in [0.5, 0.6) is 0 Å². The summed E-state index contributed by atoms with van der Waals surface area (Å²) in [7, 11) is 0. The second kappa shape index (κ2) is 5.37. The first-order chi connectivity index (χ1) is 11.4. The molecular weight excluding hydrogens is 333 g/mol. The first-order valence-electron chi connectivity index (χ1n) is 8.24. The van der Waals surface area contributed by atoms with Crippen LogP contribution >= 0.6 is 11.3 Å². The van der Waals surface area contributed by atoms with E-state index in [-0.39, 0.29) is 16.3 Å². The number of amides is 2. The Morgan fingerprint density at radius 3 is 2.58 bits per heavy atom. The van der Waals surface area contributed by atoms with Crippen molar-refractivity contribution in [1.29, 1.82) is 0 Å². The van der Waals surface area contributed by atoms with Gasteiger partial charge in [-0.3, -0.25) is 9.59 Å². The molecule has 0 aromatic carbocycles. The van der Waals surface area contributed by atoms with Crippen LogP contribution in [0.2, 0.25) is 0 Å². The summed E-state index contributed by atoms with van der Waals surface area (Å²) >= 11 is 1.13. The van der Waals surface area contributed by atoms with Crippen molar-refractivity contribution in [2.75, 3.05) is 18.4 Å². The van der Waals surface area contributed by atoms with Crippen molar-refractivity contribution in [3.05, 3.63) is 5.01 Å². The molecule has 24 heavy (non-hydrogen) atoms. The number of hydrogen-bond acceptors (Lipinski definition) is 6. The zero-order valence-electron chi connectivity index (χ0n) is 13.2. The minimum absolute atomic E-state index is 0.0137. The van der Waals surface area contributed by atoms with E-state index < -0.39 is 18.0 Å². The Morgan fingerprint density at radius 1 is 1.33 bits per heavy atom. The minimum atomic E-state index is -0.968. The maximum atomic E-state index is 13.0. The number of halogens is 1. The highest BCUT2D eigenvalue weighted by molar-refractivity contribution is 7.17. The summed E-state index contributed by atoms with van der Waals surface area (Å²) in [5.41, 5.74) is 5.47. The molecule has 0 bridgehead atoms. The van der Waals surface area contributed by atoms with Crippen LogP contribution < -0.4 is 16.4 Å². The highest BCUT2D eigenvalue weighted by Crippen LogP contribution is 2.73. The Labute approximate surface area is 142 Å². The molecule has 1 spiro atoms. The van der Waals surface area contributed by atoms with Crippen LogP contribution in [0.1, 0.15) is 41.9 Å². The largest absolute Gasteiger partial charge is 0.363 e. The number of carbonyl (C=O) groups excluding carboxylic acids is 2. The second-order valence-electron chi connectivity index (χ2n) is 7.30. The molecule has 3 atom stereocenters. The van der Waals surface area contributed by atoms with E-state index in [1.54, 1.807) is 0 Å². The lowest BCUT2D eigenvalue weighted by Gasteiger charge is -2.33. The first kappa shape index (κ1) is 15.7. The Hall–Kier alpha value is -1.77. The summed E-state index contributed by atoms with van der Waals surface area (Å²) in [4.78, 5) is 23.0. The molecule has 3 aliphatic rings. The average molecular weight is 353 g/mol. The third kappa shape index (κ3) is 2.54. The number of aromatic nitrogens is 2. The quantitative estimate of drug-likeness (QED) is 0.679. The van der Waals surface area contributed by atoms with E-state index in [9.17, 15) is 14.0 Å². The number of rotatable bonds is 7. The van der Waals surface area contributed by atoms with E-state index in [4.69, 9.17) is 5.73 Å². The highest BCUT2D eigenvalue weighted by atomic mass is 32.1. The van der Waals surface area contributed by atoms with Crippen LogP contribution in [-0.4, -0.2) is 41.3 Å². The van der Waals surface area contributed by atoms with Crippen molar-refractivity contribution in [3.8, 4) is 0 Å². The molecule has 130 valence electrons. The van der Waals surface area contributed by atoms with E-state index in [1.807, 2.05) is 0 Å². The third-order valence-electron chi connectivity index (χ3n) is 5.85. The predicted octanol–water partition coefficient (Wildman–Crippen LogP) is 1.08. The summed E-state index contributed by atoms with van der Waals surface area (Å²) in [6.45, 7) is 1.22. The number of carbonyl (C=O) groups is 2. The minimum Gasteiger partial charge on any atom is -0.363 e. The third-order valence-corrected chi connectivity index (χ3v) is 6.75. The molecular formula is C15H20FN5O2S. The molecule has 4 rings (SSSR count). The number of nitrogens with zero attached hydrogens (tertiary/aromatic N) is 2. The van der Waals surface area contributed by atoms with Gasteiger partial charge in [0.1, 0.15) is 6.17 Å². The fraction of sp³-hybridized carbons (Fsp3) is 0.733. The van der Waals surface area contributed by atoms with Crippen LogP contribution in [0.3, 0.4) is 0 Å². The van der Waals surface area contributed by atoms with Gasteiger partial charge < -0.3 is 16.4 Å². The van der Waals surface area contributed by atoms with E-state index in [0.717, 1.165) is 17.8 Å². The zero-order chi connectivity index (χ0) is 16.9. The van der Waals surface area contributed by atoms with Gasteiger partial charge in [0, 0.05) is 18.5 Å². The predicted molar refractivity (Wildman–Crippen MR) is 86.3 cm³/mol. The molecule has 0 radical (unpaired) electrons. The van der Waals surface area contributed by atoms with Gasteiger partial charge in [-0.15, -0.1) is 10.2 Å². The first-order valence-corrected chi connectivity index (χ1v) is 9.05. The second-order valence-corrected chi connectivity index (χ2v) is 8.27. The van der Waals surface area contributed by atoms with Crippen molar-refractivity contribution in [1.82, 2.24) is 15.5 Å². The van der Waals surface area contributed by atoms with Crippen molar-refractivity contribution in [2.24, 2.45) is 22.5 Å². The lowest BCUT2D eigenvalue weighted by molar-refractivity contribution is -0.123. The zero-order valence-corrected chi connectivity index (χ0v) is 14.0. The number of primary amides is 1. The summed E-state index contributed by atoms with van der Waals surface area (Å²) < 4.78 is 13.0. The van der Waals surface area contributed by atoms with Crippen LogP contribution in [-0.2, 0) is 4.79 Å². The molecule has 0 aliphatic heterocycles. The van der Waals surface area contributed by atoms with Crippen LogP contribution in [0.4, 0.5) is 9.52 Å². The summed E-state index contributed by atoms with van der Waals surface area (Å²) in [6, 6.07) is 0. The smallest absolute Gasteiger partial charge is 0.279 e. The van der Waals surface area contributed by atoms with E-state index >= 15 is 0 Å². The molecule has 1 heterocycles. The number of anilines is 1. The van der Waals surface area contributed by atoms with Gasteiger partial charge in [-0.05, 0) is 31.1 Å². The van der Waals surface area contributed by atoms with E-state index in [2.05, 4.69) is 20.8 Å². The van der Waals surface area contributed by atoms with Gasteiger partial charge in [-0.2, -0.15) is 0 Å². The molecule has 9 heteroatoms. The standard InChI is InChI=1S/C15H20FN5O2S/c16-9-4-8(9)11(23)18-6-15(5-14(15)2-1-3-14)7-19-13-21-20-12(24-13)10(17)22/h8-9H,1-7H2,(H2,17,22)(H,18,23)(H,19,21). The van der Waals surface area contributed by atoms with Gasteiger partial charge >= 0.3 is 0 Å². The normalized spacial score (nSPS) is 32.0. The van der Waals surface area contributed by atoms with Gasteiger partial charge in [0.2, 0.25) is 16.0 Å². The maximum absolute atomic E-state index is 13.0. The SMILES string of the molecule is NC(=O)c1nnc(NCC2(CNC(=O)C3CC3F)CC23CCC3)s1. The van der Waals surface area contributed by atoms with Crippen molar-refractivity contribution in [3.63, 3.8) is 0 Å². The molecule has 3 unspecified atom stereocenters. The topological polar surface area (TPSA) is 110 Å². The van der Waals surface area contributed by atoms with Crippen LogP contribution in [0, 0.1) is 16.7 Å². The fourth-order valence-corrected chi connectivity index (χ4v) is 4.53. The molecule has 1 aromatic rings. The summed E-state index contributed by atoms with van der Waals surface area (Å²) in [5.74, 6) is -1.21. The van der Waals surface area contributed by atoms with Gasteiger partial charge in [-0.1, -0.05) is 17.8 Å². The molecule has 7 nitrogen and oxygen atoms in total. The van der Waals surface area contributed by atoms with E-state index in [0.29, 0.717) is 30.1 Å².